The van der Waals surface area contributed by atoms with Crippen molar-refractivity contribution in [3.05, 3.63) is 69.5 Å². The fraction of sp³-hybridized carbons (Fsp3) is 0.457. The lowest BCUT2D eigenvalue weighted by Gasteiger charge is -2.46. The van der Waals surface area contributed by atoms with Gasteiger partial charge in [-0.15, -0.1) is 0 Å². The second kappa shape index (κ2) is 13.2. The molecular weight excluding hydrogens is 576 g/mol. The summed E-state index contributed by atoms with van der Waals surface area (Å²) in [7, 11) is 0. The third-order valence-electron chi connectivity index (χ3n) is 9.41. The molecule has 10 nitrogen and oxygen atoms in total. The molecule has 2 aromatic rings. The fourth-order valence-electron chi connectivity index (χ4n) is 7.05. The van der Waals surface area contributed by atoms with E-state index in [1.165, 1.54) is 6.07 Å². The lowest BCUT2D eigenvalue weighted by Crippen LogP contribution is -2.58. The number of benzene rings is 2. The summed E-state index contributed by atoms with van der Waals surface area (Å²) < 4.78 is 5.64. The number of hydrogen-bond donors (Lipinski definition) is 6. The minimum absolute atomic E-state index is 0.0881. The number of hydrogen-bond acceptors (Lipinski definition) is 9. The molecule has 3 aliphatic carbocycles. The predicted octanol–water partition coefficient (Wildman–Crippen LogP) is 3.95. The number of phenols is 1. The van der Waals surface area contributed by atoms with Crippen molar-refractivity contribution >= 4 is 23.2 Å². The summed E-state index contributed by atoms with van der Waals surface area (Å²) in [5.41, 5.74) is 6.40. The maximum absolute atomic E-state index is 13.8. The molecule has 0 unspecified atom stereocenters. The third kappa shape index (κ3) is 5.78. The van der Waals surface area contributed by atoms with Gasteiger partial charge in [-0.2, -0.15) is 0 Å². The number of amides is 1. The van der Waals surface area contributed by atoms with Gasteiger partial charge in [-0.3, -0.25) is 14.4 Å². The van der Waals surface area contributed by atoms with Crippen LogP contribution in [0, 0.1) is 11.8 Å². The number of ether oxygens (including phenoxy) is 1. The van der Waals surface area contributed by atoms with Gasteiger partial charge in [0.2, 0.25) is 5.78 Å². The summed E-state index contributed by atoms with van der Waals surface area (Å²) in [6.07, 6.45) is 3.81. The lowest BCUT2D eigenvalue weighted by molar-refractivity contribution is -0.147. The molecule has 0 aliphatic heterocycles. The molecule has 1 fully saturated rings. The van der Waals surface area contributed by atoms with E-state index in [1.807, 2.05) is 6.07 Å². The van der Waals surface area contributed by atoms with Crippen molar-refractivity contribution in [1.29, 1.82) is 0 Å². The van der Waals surface area contributed by atoms with E-state index >= 15 is 0 Å². The summed E-state index contributed by atoms with van der Waals surface area (Å²) >= 11 is 0. The molecule has 2 aromatic carbocycles. The van der Waals surface area contributed by atoms with E-state index < -0.39 is 52.0 Å². The topological polar surface area (TPSA) is 179 Å². The summed E-state index contributed by atoms with van der Waals surface area (Å²) in [4.78, 5) is 38.4. The van der Waals surface area contributed by atoms with Gasteiger partial charge in [-0.05, 0) is 84.5 Å². The number of aryl methyl sites for hydroxylation is 1. The number of rotatable bonds is 12. The van der Waals surface area contributed by atoms with Crippen LogP contribution in [0.4, 0.5) is 0 Å². The summed E-state index contributed by atoms with van der Waals surface area (Å²) in [5.74, 6) is -6.38. The summed E-state index contributed by atoms with van der Waals surface area (Å²) in [6.45, 7) is 7.15. The van der Waals surface area contributed by atoms with Crippen LogP contribution >= 0.6 is 0 Å². The Kier molecular flexibility index (Phi) is 9.48. The van der Waals surface area contributed by atoms with Crippen molar-refractivity contribution in [3.8, 4) is 16.9 Å². The van der Waals surface area contributed by atoms with E-state index in [2.05, 4.69) is 37.4 Å². The average molecular weight is 619 g/mol. The molecule has 0 spiro atoms. The number of nitrogens with two attached hydrogens (primary N) is 1. The molecule has 1 saturated carbocycles. The van der Waals surface area contributed by atoms with Crippen LogP contribution in [0.15, 0.2) is 47.2 Å². The highest BCUT2D eigenvalue weighted by Gasteiger charge is 2.60. The molecule has 0 saturated heterocycles. The zero-order valence-corrected chi connectivity index (χ0v) is 25.8. The molecule has 45 heavy (non-hydrogen) atoms. The highest BCUT2D eigenvalue weighted by molar-refractivity contribution is 6.22. The first-order chi connectivity index (χ1) is 21.5. The molecule has 3 aliphatic rings. The van der Waals surface area contributed by atoms with Crippen LogP contribution in [0.1, 0.15) is 68.2 Å². The fourth-order valence-corrected chi connectivity index (χ4v) is 7.05. The van der Waals surface area contributed by atoms with Gasteiger partial charge >= 0.3 is 0 Å². The predicted molar refractivity (Wildman–Crippen MR) is 168 cm³/mol. The third-order valence-corrected chi connectivity index (χ3v) is 9.41. The Bertz CT molecular complexity index is 1590. The first kappa shape index (κ1) is 32.4. The van der Waals surface area contributed by atoms with E-state index in [-0.39, 0.29) is 36.1 Å². The second-order valence-corrected chi connectivity index (χ2v) is 12.2. The van der Waals surface area contributed by atoms with Crippen LogP contribution in [0.2, 0.25) is 0 Å². The zero-order chi connectivity index (χ0) is 32.5. The first-order valence-corrected chi connectivity index (χ1v) is 15.8. The van der Waals surface area contributed by atoms with Gasteiger partial charge in [0.1, 0.15) is 22.8 Å². The molecule has 1 amide bonds. The normalized spacial score (nSPS) is 22.7. The number of unbranched alkanes of at least 4 members (excludes halogenated alkanes) is 1. The Hall–Kier alpha value is -3.99. The van der Waals surface area contributed by atoms with Crippen LogP contribution in [0.5, 0.6) is 5.75 Å². The van der Waals surface area contributed by atoms with Gasteiger partial charge in [-0.1, -0.05) is 38.5 Å². The molecule has 240 valence electrons. The Labute approximate surface area is 262 Å². The van der Waals surface area contributed by atoms with Gasteiger partial charge in [0, 0.05) is 37.7 Å². The van der Waals surface area contributed by atoms with E-state index in [4.69, 9.17) is 10.5 Å². The Morgan fingerprint density at radius 2 is 1.80 bits per heavy atom. The van der Waals surface area contributed by atoms with Crippen LogP contribution in [-0.2, 0) is 38.5 Å². The maximum Gasteiger partial charge on any atom is 0.255 e. The molecule has 5 rings (SSSR count). The largest absolute Gasteiger partial charge is 0.508 e. The van der Waals surface area contributed by atoms with Crippen molar-refractivity contribution in [2.75, 3.05) is 19.8 Å². The van der Waals surface area contributed by atoms with Crippen molar-refractivity contribution in [1.82, 2.24) is 5.32 Å². The number of nitrogens with one attached hydrogen (secondary N) is 1. The minimum Gasteiger partial charge on any atom is -0.508 e. The quantitative estimate of drug-likeness (QED) is 0.152. The molecule has 7 N–H and O–H groups in total. The number of phenolic OH excluding ortho intramolecular Hbond substituents is 1. The second-order valence-electron chi connectivity index (χ2n) is 12.2. The summed E-state index contributed by atoms with van der Waals surface area (Å²) in [5, 5.41) is 48.2. The van der Waals surface area contributed by atoms with Crippen molar-refractivity contribution in [3.63, 3.8) is 0 Å². The number of carbonyl (C=O) groups is 3. The van der Waals surface area contributed by atoms with Crippen molar-refractivity contribution in [2.45, 2.75) is 70.9 Å². The van der Waals surface area contributed by atoms with E-state index in [1.54, 1.807) is 0 Å². The molecule has 0 bridgehead atoms. The van der Waals surface area contributed by atoms with Crippen LogP contribution in [-0.4, -0.2) is 63.3 Å². The lowest BCUT2D eigenvalue weighted by atomic mass is 9.59. The highest BCUT2D eigenvalue weighted by atomic mass is 16.5. The smallest absolute Gasteiger partial charge is 0.255 e. The molecule has 10 heteroatoms. The minimum atomic E-state index is -2.58. The Morgan fingerprint density at radius 1 is 1.04 bits per heavy atom. The van der Waals surface area contributed by atoms with E-state index in [0.717, 1.165) is 61.1 Å². The molecule has 3 atom stereocenters. The average Bonchev–Trinajstić information content (AvgIpc) is 3.00. The van der Waals surface area contributed by atoms with Gasteiger partial charge in [0.25, 0.3) is 5.91 Å². The van der Waals surface area contributed by atoms with Crippen molar-refractivity contribution in [2.24, 2.45) is 17.6 Å². The number of aliphatic hydroxyl groups excluding tert-OH is 2. The van der Waals surface area contributed by atoms with E-state index in [9.17, 15) is 34.8 Å². The Morgan fingerprint density at radius 3 is 2.51 bits per heavy atom. The van der Waals surface area contributed by atoms with Gasteiger partial charge in [0.15, 0.2) is 11.4 Å². The standard InChI is InChI=1S/C35H42N2O8/c1-3-5-12-45-13-6-11-37-18-19-7-8-20(4-2)24(14-19)23-9-10-26(38)29-25(23)16-21-15-22-17-27(39)30(34(36)43)33(42)35(22,44)32(41)28(21)31(29)40/h7-10,14,21-22,37-38,40,42,44H,3-6,11-13,15-18H2,1-2H3,(H2,36,43)/t21-,22+,35+/m1/s1. The molecule has 0 radical (unpaired) electrons. The molecule has 0 heterocycles. The number of ketones is 2. The molecular formula is C35H42N2O8. The van der Waals surface area contributed by atoms with Crippen LogP contribution < -0.4 is 11.1 Å². The summed E-state index contributed by atoms with van der Waals surface area (Å²) in [6, 6.07) is 9.54. The Balaban J connectivity index is 1.48. The highest BCUT2D eigenvalue weighted by Crippen LogP contribution is 2.53. The SMILES string of the molecule is CCCCOCCCNCc1ccc(CC)c(-c2ccc(O)c3c2C[C@H]2C[C@H]4CC(=O)C(C(N)=O)=C(O)[C@@]4(O)C(=O)C2=C3O)c1. The number of carbonyl (C=O) groups excluding carboxylic acids is 3. The number of Topliss-reactive ketones (excluding diaryl/α,β-unsaturated/α-hetero) is 2. The zero-order valence-electron chi connectivity index (χ0n) is 25.8. The molecule has 0 aromatic heterocycles. The van der Waals surface area contributed by atoms with Crippen molar-refractivity contribution < 1.29 is 39.5 Å². The number of aliphatic hydroxyl groups is 3. The monoisotopic (exact) mass is 618 g/mol. The van der Waals surface area contributed by atoms with Crippen LogP contribution in [0.3, 0.4) is 0 Å². The number of aromatic hydroxyl groups is 1. The maximum atomic E-state index is 13.8. The van der Waals surface area contributed by atoms with Crippen LogP contribution in [0.25, 0.3) is 16.9 Å². The van der Waals surface area contributed by atoms with E-state index in [0.29, 0.717) is 18.7 Å². The number of primary amides is 1. The van der Waals surface area contributed by atoms with Gasteiger partial charge in [-0.25, -0.2) is 0 Å². The first-order valence-electron chi connectivity index (χ1n) is 15.8. The van der Waals surface area contributed by atoms with Gasteiger partial charge < -0.3 is 36.2 Å². The van der Waals surface area contributed by atoms with Gasteiger partial charge in [0.05, 0.1) is 5.56 Å². The number of fused-ring (bicyclic) bond motifs is 3.